The van der Waals surface area contributed by atoms with E-state index in [4.69, 9.17) is 16.6 Å². The summed E-state index contributed by atoms with van der Waals surface area (Å²) in [6.07, 6.45) is -2.07. The van der Waals surface area contributed by atoms with Gasteiger partial charge in [0.2, 0.25) is 0 Å². The van der Waals surface area contributed by atoms with Gasteiger partial charge in [0.1, 0.15) is 11.9 Å². The van der Waals surface area contributed by atoms with Gasteiger partial charge in [-0.05, 0) is 12.5 Å². The van der Waals surface area contributed by atoms with E-state index in [-0.39, 0.29) is 17.1 Å². The van der Waals surface area contributed by atoms with E-state index in [2.05, 4.69) is 4.98 Å². The van der Waals surface area contributed by atoms with Crippen LogP contribution in [0.2, 0.25) is 0 Å². The predicted molar refractivity (Wildman–Crippen MR) is 61.0 cm³/mol. The highest BCUT2D eigenvalue weighted by Crippen LogP contribution is 2.27. The number of anilines is 2. The number of nitrogens with two attached hydrogens (primary N) is 2. The number of rotatable bonds is 4. The lowest BCUT2D eigenvalue weighted by Gasteiger charge is -2.19. The Morgan fingerprint density at radius 2 is 2.06 bits per heavy atom. The van der Waals surface area contributed by atoms with E-state index in [1.807, 2.05) is 0 Å². The lowest BCUT2D eigenvalue weighted by molar-refractivity contribution is -0.141. The molecule has 0 radical (unpaired) electrons. The summed E-state index contributed by atoms with van der Waals surface area (Å²) in [5, 5.41) is 27.8. The van der Waals surface area contributed by atoms with E-state index in [1.54, 1.807) is 6.92 Å². The predicted octanol–water partition coefficient (Wildman–Crippen LogP) is -0.577. The largest absolute Gasteiger partial charge is 0.481 e. The minimum absolute atomic E-state index is 0.131. The van der Waals surface area contributed by atoms with Crippen molar-refractivity contribution >= 4 is 17.5 Å². The Balaban J connectivity index is 3.00. The molecule has 0 aliphatic rings. The maximum Gasteiger partial charge on any atom is 0.306 e. The monoisotopic (exact) mass is 241 g/mol. The molecule has 0 amide bonds. The molecule has 7 N–H and O–H groups in total. The van der Waals surface area contributed by atoms with Gasteiger partial charge in [0.05, 0.1) is 18.2 Å². The fourth-order valence-corrected chi connectivity index (χ4v) is 1.45. The number of carbonyl (C=O) groups is 1. The van der Waals surface area contributed by atoms with Gasteiger partial charge >= 0.3 is 5.97 Å². The fourth-order valence-electron chi connectivity index (χ4n) is 1.45. The van der Waals surface area contributed by atoms with Gasteiger partial charge < -0.3 is 26.8 Å². The van der Waals surface area contributed by atoms with Crippen molar-refractivity contribution in [3.63, 3.8) is 0 Å². The Morgan fingerprint density at radius 1 is 1.47 bits per heavy atom. The number of aliphatic carboxylic acids is 1. The Bertz CT molecular complexity index is 436. The van der Waals surface area contributed by atoms with Crippen LogP contribution in [0.1, 0.15) is 23.7 Å². The van der Waals surface area contributed by atoms with Crippen molar-refractivity contribution in [2.45, 2.75) is 25.6 Å². The van der Waals surface area contributed by atoms with Crippen LogP contribution in [-0.4, -0.2) is 32.4 Å². The molecule has 1 aromatic heterocycles. The molecule has 0 aliphatic carbocycles. The summed E-state index contributed by atoms with van der Waals surface area (Å²) in [5.41, 5.74) is 12.1. The molecule has 1 rings (SSSR count). The van der Waals surface area contributed by atoms with Crippen LogP contribution in [-0.2, 0) is 4.79 Å². The van der Waals surface area contributed by atoms with E-state index >= 15 is 0 Å². The van der Waals surface area contributed by atoms with E-state index < -0.39 is 24.6 Å². The molecule has 17 heavy (non-hydrogen) atoms. The molecule has 7 heteroatoms. The van der Waals surface area contributed by atoms with Crippen LogP contribution < -0.4 is 11.5 Å². The molecule has 2 unspecified atom stereocenters. The first-order valence-electron chi connectivity index (χ1n) is 4.93. The first-order chi connectivity index (χ1) is 7.84. The second-order valence-electron chi connectivity index (χ2n) is 3.75. The number of hydrogen-bond acceptors (Lipinski definition) is 6. The fraction of sp³-hybridized carbons (Fsp3) is 0.400. The van der Waals surface area contributed by atoms with Crippen molar-refractivity contribution in [2.24, 2.45) is 0 Å². The number of carboxylic acids is 1. The molecule has 0 aliphatic heterocycles. The molecule has 0 bridgehead atoms. The molecular weight excluding hydrogens is 226 g/mol. The number of aliphatic hydroxyl groups is 2. The minimum atomic E-state index is -1.42. The quantitative estimate of drug-likeness (QED) is 0.474. The van der Waals surface area contributed by atoms with Gasteiger partial charge in [-0.15, -0.1) is 0 Å². The van der Waals surface area contributed by atoms with Gasteiger partial charge in [0.15, 0.2) is 0 Å². The van der Waals surface area contributed by atoms with Gasteiger partial charge in [-0.3, -0.25) is 4.79 Å². The lowest BCUT2D eigenvalue weighted by atomic mass is 9.99. The molecule has 1 heterocycles. The van der Waals surface area contributed by atoms with Crippen LogP contribution in [0.4, 0.5) is 11.5 Å². The third-order valence-electron chi connectivity index (χ3n) is 2.52. The van der Waals surface area contributed by atoms with Gasteiger partial charge in [0.25, 0.3) is 0 Å². The Morgan fingerprint density at radius 3 is 2.59 bits per heavy atom. The molecule has 94 valence electrons. The van der Waals surface area contributed by atoms with E-state index in [0.717, 1.165) is 0 Å². The minimum Gasteiger partial charge on any atom is -0.481 e. The summed E-state index contributed by atoms with van der Waals surface area (Å²) in [6.45, 7) is 1.61. The number of carboxylic acid groups (broad SMARTS) is 1. The molecular formula is C10H15N3O4. The highest BCUT2D eigenvalue weighted by molar-refractivity contribution is 5.68. The second-order valence-corrected chi connectivity index (χ2v) is 3.75. The average Bonchev–Trinajstić information content (AvgIpc) is 2.24. The van der Waals surface area contributed by atoms with Crippen molar-refractivity contribution in [3.8, 4) is 0 Å². The molecule has 7 nitrogen and oxygen atoms in total. The van der Waals surface area contributed by atoms with Gasteiger partial charge in [-0.1, -0.05) is 0 Å². The van der Waals surface area contributed by atoms with Crippen molar-refractivity contribution < 1.29 is 20.1 Å². The molecule has 0 aromatic carbocycles. The van der Waals surface area contributed by atoms with Crippen LogP contribution in [0.25, 0.3) is 0 Å². The number of nitrogen functional groups attached to an aromatic ring is 2. The van der Waals surface area contributed by atoms with Gasteiger partial charge in [-0.2, -0.15) is 0 Å². The number of aliphatic hydroxyl groups excluding tert-OH is 2. The number of hydrogen-bond donors (Lipinski definition) is 5. The third-order valence-corrected chi connectivity index (χ3v) is 2.52. The van der Waals surface area contributed by atoms with E-state index in [1.165, 1.54) is 6.20 Å². The van der Waals surface area contributed by atoms with Gasteiger partial charge in [0, 0.05) is 11.8 Å². The van der Waals surface area contributed by atoms with Crippen LogP contribution in [0, 0.1) is 6.92 Å². The molecule has 0 saturated heterocycles. The third kappa shape index (κ3) is 2.83. The molecule has 0 saturated carbocycles. The maximum atomic E-state index is 10.4. The summed E-state index contributed by atoms with van der Waals surface area (Å²) in [6, 6.07) is 0. The Hall–Kier alpha value is -1.86. The zero-order chi connectivity index (χ0) is 13.2. The number of aromatic nitrogens is 1. The SMILES string of the molecule is Cc1c(C(O)C(O)CC(=O)O)cnc(N)c1N. The van der Waals surface area contributed by atoms with Gasteiger partial charge in [-0.25, -0.2) is 4.98 Å². The average molecular weight is 241 g/mol. The zero-order valence-corrected chi connectivity index (χ0v) is 9.29. The first kappa shape index (κ1) is 13.2. The van der Waals surface area contributed by atoms with E-state index in [9.17, 15) is 15.0 Å². The summed E-state index contributed by atoms with van der Waals surface area (Å²) in [5.74, 6) is -1.07. The maximum absolute atomic E-state index is 10.4. The first-order valence-corrected chi connectivity index (χ1v) is 4.93. The molecule has 0 spiro atoms. The highest BCUT2D eigenvalue weighted by atomic mass is 16.4. The Labute approximate surface area is 97.7 Å². The molecule has 0 fully saturated rings. The standard InChI is InChI=1S/C10H15N3O4/c1-4-5(3-13-10(12)8(4)11)9(17)6(14)2-7(15)16/h3,6,9,14,17H,2,11H2,1H3,(H2,12,13)(H,15,16). The van der Waals surface area contributed by atoms with Crippen molar-refractivity contribution in [2.75, 3.05) is 11.5 Å². The van der Waals surface area contributed by atoms with Crippen LogP contribution in [0.3, 0.4) is 0 Å². The summed E-state index contributed by atoms with van der Waals surface area (Å²) in [4.78, 5) is 14.2. The second kappa shape index (κ2) is 4.98. The van der Waals surface area contributed by atoms with Crippen LogP contribution in [0.5, 0.6) is 0 Å². The van der Waals surface area contributed by atoms with E-state index in [0.29, 0.717) is 5.56 Å². The van der Waals surface area contributed by atoms with Crippen molar-refractivity contribution in [1.82, 2.24) is 4.98 Å². The topological polar surface area (TPSA) is 143 Å². The summed E-state index contributed by atoms with van der Waals surface area (Å²) >= 11 is 0. The van der Waals surface area contributed by atoms with Crippen LogP contribution in [0.15, 0.2) is 6.20 Å². The van der Waals surface area contributed by atoms with Crippen LogP contribution >= 0.6 is 0 Å². The highest BCUT2D eigenvalue weighted by Gasteiger charge is 2.24. The van der Waals surface area contributed by atoms with Crippen molar-refractivity contribution in [1.29, 1.82) is 0 Å². The van der Waals surface area contributed by atoms with Crippen molar-refractivity contribution in [3.05, 3.63) is 17.3 Å². The zero-order valence-electron chi connectivity index (χ0n) is 9.29. The summed E-state index contributed by atoms with van der Waals surface area (Å²) < 4.78 is 0. The normalized spacial score (nSPS) is 14.3. The summed E-state index contributed by atoms with van der Waals surface area (Å²) in [7, 11) is 0. The number of nitrogens with zero attached hydrogens (tertiary/aromatic N) is 1. The Kier molecular flexibility index (Phi) is 3.87. The number of pyridine rings is 1. The molecule has 1 aromatic rings. The lowest BCUT2D eigenvalue weighted by Crippen LogP contribution is -2.23. The smallest absolute Gasteiger partial charge is 0.306 e. The molecule has 2 atom stereocenters.